The SMILES string of the molecule is Cc1ccccc1N1c2cc(C(C)C)cc3c2B(c2cc(C(C)(C)C)ccc2N3c2c(C)cccc2C)c2sc3cc4c(cc3c21)C(C)(C)CCC4(C)C. The van der Waals surface area contributed by atoms with Crippen molar-refractivity contribution in [2.45, 2.75) is 118 Å². The van der Waals surface area contributed by atoms with Crippen molar-refractivity contribution >= 4 is 78.0 Å². The number of para-hydroxylation sites is 2. The van der Waals surface area contributed by atoms with Gasteiger partial charge in [-0.15, -0.1) is 11.3 Å². The van der Waals surface area contributed by atoms with Gasteiger partial charge in [0.25, 0.3) is 6.71 Å². The van der Waals surface area contributed by atoms with Gasteiger partial charge in [-0.2, -0.15) is 0 Å². The van der Waals surface area contributed by atoms with Crippen molar-refractivity contribution < 1.29 is 0 Å². The lowest BCUT2D eigenvalue weighted by Gasteiger charge is -2.45. The Morgan fingerprint density at radius 3 is 1.85 bits per heavy atom. The van der Waals surface area contributed by atoms with Crippen LogP contribution in [-0.4, -0.2) is 6.71 Å². The molecule has 0 atom stereocenters. The average molecular weight is 727 g/mol. The molecule has 6 aromatic rings. The van der Waals surface area contributed by atoms with E-state index < -0.39 is 0 Å². The van der Waals surface area contributed by atoms with Crippen LogP contribution >= 0.6 is 11.3 Å². The average Bonchev–Trinajstić information content (AvgIpc) is 3.48. The summed E-state index contributed by atoms with van der Waals surface area (Å²) in [7, 11) is 0. The van der Waals surface area contributed by atoms with Crippen LogP contribution in [0.15, 0.2) is 84.9 Å². The van der Waals surface area contributed by atoms with Gasteiger partial charge >= 0.3 is 0 Å². The minimum Gasteiger partial charge on any atom is -0.311 e. The van der Waals surface area contributed by atoms with Crippen LogP contribution in [0.3, 0.4) is 0 Å². The molecular formula is C50H55BN2S. The van der Waals surface area contributed by atoms with Crippen LogP contribution in [0.5, 0.6) is 0 Å². The second-order valence-corrected chi connectivity index (χ2v) is 20.3. The second kappa shape index (κ2) is 11.9. The van der Waals surface area contributed by atoms with Gasteiger partial charge in [-0.05, 0) is 142 Å². The molecule has 4 heteroatoms. The van der Waals surface area contributed by atoms with Crippen molar-refractivity contribution in [3.63, 3.8) is 0 Å². The smallest absolute Gasteiger partial charge is 0.264 e. The minimum absolute atomic E-state index is 0.0180. The first-order valence-corrected chi connectivity index (χ1v) is 21.0. The van der Waals surface area contributed by atoms with Crippen molar-refractivity contribution in [3.05, 3.63) is 124 Å². The quantitative estimate of drug-likeness (QED) is 0.167. The molecule has 0 spiro atoms. The Bertz CT molecular complexity index is 2510. The zero-order valence-corrected chi connectivity index (χ0v) is 35.3. The number of anilines is 6. The van der Waals surface area contributed by atoms with Gasteiger partial charge in [0.05, 0.1) is 11.4 Å². The molecule has 0 N–H and O–H groups in total. The molecule has 3 aliphatic rings. The fourth-order valence-electron chi connectivity index (χ4n) is 9.83. The van der Waals surface area contributed by atoms with Crippen LogP contribution in [-0.2, 0) is 16.2 Å². The summed E-state index contributed by atoms with van der Waals surface area (Å²) in [6.07, 6.45) is 2.42. The number of hydrogen-bond acceptors (Lipinski definition) is 3. The summed E-state index contributed by atoms with van der Waals surface area (Å²) in [5.41, 5.74) is 20.7. The Morgan fingerprint density at radius 2 is 1.24 bits per heavy atom. The summed E-state index contributed by atoms with van der Waals surface area (Å²) in [5, 5.41) is 1.40. The largest absolute Gasteiger partial charge is 0.311 e. The van der Waals surface area contributed by atoms with Crippen molar-refractivity contribution in [1.29, 1.82) is 0 Å². The van der Waals surface area contributed by atoms with E-state index in [2.05, 4.69) is 178 Å². The van der Waals surface area contributed by atoms with Crippen LogP contribution in [0.25, 0.3) is 10.1 Å². The maximum Gasteiger partial charge on any atom is 0.264 e. The lowest BCUT2D eigenvalue weighted by Crippen LogP contribution is -2.60. The standard InChI is InChI=1S/C50H55BN2S/c1-29(2)33-24-41-44-42(25-33)53(45-31(4)17-15-18-32(45)5)40-21-20-34(48(6,7)8)26-38(40)51(44)47-46(52(41)39-19-14-13-16-30(39)3)35-27-36-37(28-43(35)54-47)50(11,12)23-22-49(36,9)10/h13-21,24-29H,22-23H2,1-12H3. The van der Waals surface area contributed by atoms with Crippen molar-refractivity contribution in [2.24, 2.45) is 0 Å². The van der Waals surface area contributed by atoms with E-state index >= 15 is 0 Å². The molecule has 2 aliphatic heterocycles. The fourth-order valence-corrected chi connectivity index (χ4v) is 11.2. The summed E-state index contributed by atoms with van der Waals surface area (Å²) in [4.78, 5) is 5.31. The van der Waals surface area contributed by atoms with Gasteiger partial charge in [0.1, 0.15) is 0 Å². The number of nitrogens with zero attached hydrogens (tertiary/aromatic N) is 2. The van der Waals surface area contributed by atoms with E-state index in [-0.39, 0.29) is 23.0 Å². The highest BCUT2D eigenvalue weighted by atomic mass is 32.1. The minimum atomic E-state index is 0.0180. The third-order valence-corrected chi connectivity index (χ3v) is 14.4. The van der Waals surface area contributed by atoms with Gasteiger partial charge in [0.15, 0.2) is 0 Å². The number of fused-ring (bicyclic) bond motifs is 7. The highest BCUT2D eigenvalue weighted by Gasteiger charge is 2.47. The van der Waals surface area contributed by atoms with E-state index in [1.807, 2.05) is 11.3 Å². The molecule has 1 aliphatic carbocycles. The molecule has 274 valence electrons. The van der Waals surface area contributed by atoms with Gasteiger partial charge in [-0.1, -0.05) is 111 Å². The molecule has 2 nitrogen and oxygen atoms in total. The van der Waals surface area contributed by atoms with Gasteiger partial charge in [0.2, 0.25) is 0 Å². The van der Waals surface area contributed by atoms with Gasteiger partial charge in [-0.25, -0.2) is 0 Å². The summed E-state index contributed by atoms with van der Waals surface area (Å²) in [6.45, 7) is 28.6. The van der Waals surface area contributed by atoms with E-state index in [0.717, 1.165) is 0 Å². The maximum atomic E-state index is 2.68. The number of rotatable bonds is 3. The number of thiophene rings is 1. The van der Waals surface area contributed by atoms with E-state index in [1.165, 1.54) is 112 Å². The number of hydrogen-bond donors (Lipinski definition) is 0. The number of benzene rings is 5. The molecule has 5 aromatic carbocycles. The summed E-state index contributed by atoms with van der Waals surface area (Å²) in [5.74, 6) is 0.365. The highest BCUT2D eigenvalue weighted by Crippen LogP contribution is 2.53. The van der Waals surface area contributed by atoms with E-state index in [9.17, 15) is 0 Å². The predicted octanol–water partition coefficient (Wildman–Crippen LogP) is 12.7. The highest BCUT2D eigenvalue weighted by molar-refractivity contribution is 7.33. The van der Waals surface area contributed by atoms with Gasteiger partial charge in [0, 0.05) is 37.6 Å². The third-order valence-electron chi connectivity index (χ3n) is 13.2. The first kappa shape index (κ1) is 35.4. The Hall–Kier alpha value is -4.28. The van der Waals surface area contributed by atoms with Crippen molar-refractivity contribution in [3.8, 4) is 0 Å². The second-order valence-electron chi connectivity index (χ2n) is 19.3. The monoisotopic (exact) mass is 726 g/mol. The molecule has 9 rings (SSSR count). The molecule has 0 radical (unpaired) electrons. The van der Waals surface area contributed by atoms with E-state index in [4.69, 9.17) is 0 Å². The zero-order valence-electron chi connectivity index (χ0n) is 34.5. The molecule has 0 saturated carbocycles. The molecule has 0 unspecified atom stereocenters. The molecule has 3 heterocycles. The Morgan fingerprint density at radius 1 is 0.648 bits per heavy atom. The molecular weight excluding hydrogens is 671 g/mol. The Labute approximate surface area is 328 Å². The van der Waals surface area contributed by atoms with Crippen molar-refractivity contribution in [2.75, 3.05) is 9.80 Å². The molecule has 54 heavy (non-hydrogen) atoms. The van der Waals surface area contributed by atoms with E-state index in [1.54, 1.807) is 0 Å². The fraction of sp³-hybridized carbons (Fsp3) is 0.360. The van der Waals surface area contributed by atoms with Crippen LogP contribution < -0.4 is 25.5 Å². The lowest BCUT2D eigenvalue weighted by atomic mass is 9.36. The first-order chi connectivity index (χ1) is 25.5. The van der Waals surface area contributed by atoms with E-state index in [0.29, 0.717) is 5.92 Å². The zero-order chi connectivity index (χ0) is 38.2. The van der Waals surface area contributed by atoms with Crippen LogP contribution in [0.1, 0.15) is 120 Å². The third kappa shape index (κ3) is 5.11. The number of aryl methyl sites for hydroxylation is 3. The molecule has 1 aromatic heterocycles. The normalized spacial score (nSPS) is 16.7. The Balaban J connectivity index is 1.47. The lowest BCUT2D eigenvalue weighted by molar-refractivity contribution is 0.332. The van der Waals surface area contributed by atoms with Gasteiger partial charge < -0.3 is 9.80 Å². The molecule has 0 fully saturated rings. The first-order valence-electron chi connectivity index (χ1n) is 20.1. The topological polar surface area (TPSA) is 6.48 Å². The summed E-state index contributed by atoms with van der Waals surface area (Å²) in [6, 6.07) is 33.5. The molecule has 0 bridgehead atoms. The van der Waals surface area contributed by atoms with Crippen LogP contribution in [0, 0.1) is 20.8 Å². The van der Waals surface area contributed by atoms with Crippen molar-refractivity contribution in [1.82, 2.24) is 0 Å². The maximum absolute atomic E-state index is 2.68. The van der Waals surface area contributed by atoms with Gasteiger partial charge in [-0.3, -0.25) is 0 Å². The Kier molecular flexibility index (Phi) is 7.78. The van der Waals surface area contributed by atoms with Crippen LogP contribution in [0.4, 0.5) is 34.1 Å². The summed E-state index contributed by atoms with van der Waals surface area (Å²) < 4.78 is 2.87. The predicted molar refractivity (Wildman–Crippen MR) is 238 cm³/mol. The van der Waals surface area contributed by atoms with Crippen LogP contribution in [0.2, 0.25) is 0 Å². The molecule has 0 amide bonds. The summed E-state index contributed by atoms with van der Waals surface area (Å²) >= 11 is 2.05. The molecule has 0 saturated heterocycles.